The summed E-state index contributed by atoms with van der Waals surface area (Å²) < 4.78 is 20.0. The van der Waals surface area contributed by atoms with Crippen LogP contribution in [-0.2, 0) is 17.8 Å². The standard InChI is InChI=1S/C22H24FN5O3/c1-25-12-21(24-26(25)2)27-9-15-4-3-14(7-16(15)10-27)19-6-5-17(8-20(19)23)28-11-18(13-29)31-22(28)30/h3-8,18,29H,9-13H2,1-2H3. The number of amides is 1. The molecule has 8 nitrogen and oxygen atoms in total. The van der Waals surface area contributed by atoms with E-state index in [4.69, 9.17) is 4.74 Å². The van der Waals surface area contributed by atoms with Crippen molar-refractivity contribution in [2.45, 2.75) is 19.2 Å². The highest BCUT2D eigenvalue weighted by Gasteiger charge is 2.32. The Morgan fingerprint density at radius 2 is 1.94 bits per heavy atom. The molecule has 3 heterocycles. The van der Waals surface area contributed by atoms with Gasteiger partial charge in [-0.3, -0.25) is 4.90 Å². The number of aliphatic hydroxyl groups is 1. The summed E-state index contributed by atoms with van der Waals surface area (Å²) in [6.45, 7) is 2.25. The van der Waals surface area contributed by atoms with Gasteiger partial charge >= 0.3 is 6.09 Å². The van der Waals surface area contributed by atoms with E-state index in [-0.39, 0.29) is 13.2 Å². The fraction of sp³-hybridized carbons (Fsp3) is 0.364. The van der Waals surface area contributed by atoms with E-state index in [1.54, 1.807) is 12.1 Å². The number of cyclic esters (lactones) is 1. The molecule has 0 bridgehead atoms. The Bertz CT molecular complexity index is 1080. The van der Waals surface area contributed by atoms with E-state index >= 15 is 0 Å². The minimum Gasteiger partial charge on any atom is -0.441 e. The Morgan fingerprint density at radius 1 is 1.13 bits per heavy atom. The Hall–Kier alpha value is -3.17. The lowest BCUT2D eigenvalue weighted by atomic mass is 10.00. The molecular formula is C22H24FN5O3. The molecule has 162 valence electrons. The molecule has 0 spiro atoms. The van der Waals surface area contributed by atoms with Gasteiger partial charge in [-0.1, -0.05) is 12.1 Å². The highest BCUT2D eigenvalue weighted by atomic mass is 19.1. The lowest BCUT2D eigenvalue weighted by Gasteiger charge is -2.17. The van der Waals surface area contributed by atoms with Crippen LogP contribution in [-0.4, -0.2) is 72.0 Å². The Labute approximate surface area is 179 Å². The van der Waals surface area contributed by atoms with Gasteiger partial charge in [0.25, 0.3) is 0 Å². The largest absolute Gasteiger partial charge is 0.441 e. The van der Waals surface area contributed by atoms with E-state index in [0.717, 1.165) is 36.6 Å². The van der Waals surface area contributed by atoms with Crippen LogP contribution in [0.1, 0.15) is 11.1 Å². The second kappa shape index (κ2) is 7.51. The molecule has 31 heavy (non-hydrogen) atoms. The Balaban J connectivity index is 1.36. The first kappa shape index (κ1) is 19.8. The second-order valence-corrected chi connectivity index (χ2v) is 8.12. The molecule has 1 atom stereocenters. The third-order valence-corrected chi connectivity index (χ3v) is 6.07. The second-order valence-electron chi connectivity index (χ2n) is 8.12. The number of likely N-dealkylation sites (N-methyl/N-ethyl adjacent to an activating group) is 1. The highest BCUT2D eigenvalue weighted by Crippen LogP contribution is 2.33. The third kappa shape index (κ3) is 3.49. The lowest BCUT2D eigenvalue weighted by molar-refractivity contribution is 0.0686. The van der Waals surface area contributed by atoms with Crippen molar-refractivity contribution in [3.8, 4) is 11.1 Å². The summed E-state index contributed by atoms with van der Waals surface area (Å²) in [6.07, 6.45) is -1.16. The SMILES string of the molecule is CN1CC(N2Cc3ccc(-c4ccc(N5CC(CO)OC5=O)cc4F)cc3C2)=NN1C. The van der Waals surface area contributed by atoms with Crippen molar-refractivity contribution in [2.75, 3.05) is 38.7 Å². The molecule has 0 aromatic heterocycles. The van der Waals surface area contributed by atoms with Crippen LogP contribution in [0, 0.1) is 5.82 Å². The summed E-state index contributed by atoms with van der Waals surface area (Å²) in [6, 6.07) is 10.7. The van der Waals surface area contributed by atoms with Gasteiger partial charge in [-0.2, -0.15) is 0 Å². The lowest BCUT2D eigenvalue weighted by Crippen LogP contribution is -2.32. The van der Waals surface area contributed by atoms with Crippen LogP contribution in [0.2, 0.25) is 0 Å². The summed E-state index contributed by atoms with van der Waals surface area (Å²) in [5.41, 5.74) is 4.07. The van der Waals surface area contributed by atoms with Crippen molar-refractivity contribution in [3.05, 3.63) is 53.3 Å². The molecule has 3 aliphatic rings. The van der Waals surface area contributed by atoms with Gasteiger partial charge in [0.05, 0.1) is 25.4 Å². The zero-order valence-electron chi connectivity index (χ0n) is 17.5. The van der Waals surface area contributed by atoms with Crippen molar-refractivity contribution in [2.24, 2.45) is 5.10 Å². The van der Waals surface area contributed by atoms with E-state index in [9.17, 15) is 14.3 Å². The van der Waals surface area contributed by atoms with Gasteiger partial charge in [-0.05, 0) is 41.0 Å². The Morgan fingerprint density at radius 3 is 2.61 bits per heavy atom. The first-order valence-corrected chi connectivity index (χ1v) is 10.2. The van der Waals surface area contributed by atoms with Crippen molar-refractivity contribution in [3.63, 3.8) is 0 Å². The average Bonchev–Trinajstić information content (AvgIpc) is 3.44. The van der Waals surface area contributed by atoms with Gasteiger partial charge in [-0.15, -0.1) is 5.10 Å². The summed E-state index contributed by atoms with van der Waals surface area (Å²) >= 11 is 0. The number of carbonyl (C=O) groups excluding carboxylic acids is 1. The number of hydrazone groups is 1. The fourth-order valence-electron chi connectivity index (χ4n) is 4.22. The molecule has 0 radical (unpaired) electrons. The van der Waals surface area contributed by atoms with Gasteiger partial charge in [-0.25, -0.2) is 19.3 Å². The number of nitrogens with zero attached hydrogens (tertiary/aromatic N) is 5. The predicted octanol–water partition coefficient (Wildman–Crippen LogP) is 2.23. The van der Waals surface area contributed by atoms with Crippen LogP contribution < -0.4 is 4.90 Å². The number of anilines is 1. The molecule has 0 aliphatic carbocycles. The average molecular weight is 425 g/mol. The van der Waals surface area contributed by atoms with Crippen LogP contribution in [0.4, 0.5) is 14.9 Å². The van der Waals surface area contributed by atoms with E-state index < -0.39 is 18.0 Å². The van der Waals surface area contributed by atoms with Gasteiger partial charge in [0, 0.05) is 32.7 Å². The minimum atomic E-state index is -0.584. The van der Waals surface area contributed by atoms with E-state index in [1.807, 2.05) is 42.4 Å². The number of carbonyl (C=O) groups is 1. The van der Waals surface area contributed by atoms with E-state index in [0.29, 0.717) is 11.3 Å². The molecule has 1 N–H and O–H groups in total. The quantitative estimate of drug-likeness (QED) is 0.813. The van der Waals surface area contributed by atoms with Crippen molar-refractivity contribution in [1.82, 2.24) is 15.0 Å². The van der Waals surface area contributed by atoms with Gasteiger partial charge in [0.1, 0.15) is 17.8 Å². The van der Waals surface area contributed by atoms with Crippen molar-refractivity contribution >= 4 is 17.6 Å². The number of hydrogen-bond acceptors (Lipinski definition) is 7. The zero-order chi connectivity index (χ0) is 21.7. The minimum absolute atomic E-state index is 0.205. The van der Waals surface area contributed by atoms with Crippen LogP contribution >= 0.6 is 0 Å². The molecule has 5 rings (SSSR count). The Kier molecular flexibility index (Phi) is 4.79. The number of halogens is 1. The number of hydrogen-bond donors (Lipinski definition) is 1. The molecule has 1 amide bonds. The van der Waals surface area contributed by atoms with Gasteiger partial charge in [0.2, 0.25) is 0 Å². The van der Waals surface area contributed by atoms with Crippen LogP contribution in [0.3, 0.4) is 0 Å². The van der Waals surface area contributed by atoms with Gasteiger partial charge < -0.3 is 14.7 Å². The molecule has 9 heteroatoms. The molecule has 2 aromatic rings. The monoisotopic (exact) mass is 425 g/mol. The summed E-state index contributed by atoms with van der Waals surface area (Å²) in [4.78, 5) is 15.5. The van der Waals surface area contributed by atoms with E-state index in [2.05, 4.69) is 10.0 Å². The van der Waals surface area contributed by atoms with Crippen molar-refractivity contribution < 1.29 is 19.0 Å². The first-order valence-electron chi connectivity index (χ1n) is 10.2. The summed E-state index contributed by atoms with van der Waals surface area (Å²) in [5, 5.41) is 17.6. The number of aliphatic hydroxyl groups excluding tert-OH is 1. The van der Waals surface area contributed by atoms with Crippen LogP contribution in [0.5, 0.6) is 0 Å². The number of rotatable bonds is 3. The van der Waals surface area contributed by atoms with Crippen LogP contribution in [0.15, 0.2) is 41.5 Å². The summed E-state index contributed by atoms with van der Waals surface area (Å²) in [7, 11) is 3.92. The summed E-state index contributed by atoms with van der Waals surface area (Å²) in [5.74, 6) is 0.618. The smallest absolute Gasteiger partial charge is 0.414 e. The zero-order valence-corrected chi connectivity index (χ0v) is 17.5. The van der Waals surface area contributed by atoms with E-state index in [1.165, 1.54) is 16.5 Å². The number of amidine groups is 1. The maximum atomic E-state index is 15.0. The van der Waals surface area contributed by atoms with Crippen molar-refractivity contribution in [1.29, 1.82) is 0 Å². The molecule has 0 saturated carbocycles. The molecule has 3 aliphatic heterocycles. The van der Waals surface area contributed by atoms with Gasteiger partial charge in [0.15, 0.2) is 0 Å². The molecule has 1 fully saturated rings. The number of benzene rings is 2. The van der Waals surface area contributed by atoms with Crippen LogP contribution in [0.25, 0.3) is 11.1 Å². The predicted molar refractivity (Wildman–Crippen MR) is 114 cm³/mol. The highest BCUT2D eigenvalue weighted by molar-refractivity contribution is 5.90. The maximum Gasteiger partial charge on any atom is 0.414 e. The maximum absolute atomic E-state index is 15.0. The fourth-order valence-corrected chi connectivity index (χ4v) is 4.22. The first-order chi connectivity index (χ1) is 14.9. The normalized spacial score (nSPS) is 21.0. The molecular weight excluding hydrogens is 401 g/mol. The molecule has 1 unspecified atom stereocenters. The number of ether oxygens (including phenoxy) is 1. The number of fused-ring (bicyclic) bond motifs is 1. The number of hydrazine groups is 1. The molecule has 1 saturated heterocycles. The molecule has 2 aromatic carbocycles. The topological polar surface area (TPSA) is 71.9 Å². The third-order valence-electron chi connectivity index (χ3n) is 6.07.